The van der Waals surface area contributed by atoms with E-state index in [4.69, 9.17) is 37.0 Å². The molecule has 0 saturated carbocycles. The van der Waals surface area contributed by atoms with E-state index in [0.717, 1.165) is 95.8 Å². The first-order valence-corrected chi connectivity index (χ1v) is 43.1. The predicted octanol–water partition coefficient (Wildman–Crippen LogP) is 22.9. The Morgan fingerprint density at radius 1 is 0.281 bits per heavy atom. The van der Waals surface area contributed by atoms with Crippen molar-refractivity contribution >= 4 is 39.5 Å². The van der Waals surface area contributed by atoms with Crippen LogP contribution in [0.25, 0.3) is 0 Å². The summed E-state index contributed by atoms with van der Waals surface area (Å²) in [6.45, 7) is 7.29. The summed E-state index contributed by atoms with van der Waals surface area (Å²) in [4.78, 5) is 72.8. The minimum Gasteiger partial charge on any atom is -0.462 e. The minimum absolute atomic E-state index is 0.108. The molecule has 2 unspecified atom stereocenters. The van der Waals surface area contributed by atoms with Gasteiger partial charge >= 0.3 is 39.5 Å². The quantitative estimate of drug-likeness (QED) is 0.0222. The van der Waals surface area contributed by atoms with Gasteiger partial charge in [0.1, 0.15) is 19.3 Å². The first-order valence-electron chi connectivity index (χ1n) is 40.1. The van der Waals surface area contributed by atoms with E-state index in [1.807, 2.05) is 0 Å². The fourth-order valence-electron chi connectivity index (χ4n) is 11.9. The van der Waals surface area contributed by atoms with E-state index in [0.29, 0.717) is 25.7 Å². The topological polar surface area (TPSA) is 237 Å². The summed E-state index contributed by atoms with van der Waals surface area (Å²) in [7, 11) is -9.91. The van der Waals surface area contributed by atoms with Crippen LogP contribution in [0, 0.1) is 5.92 Å². The van der Waals surface area contributed by atoms with Crippen LogP contribution in [0.15, 0.2) is 0 Å². The third-order valence-corrected chi connectivity index (χ3v) is 19.9. The van der Waals surface area contributed by atoms with Crippen molar-refractivity contribution in [3.05, 3.63) is 0 Å². The second-order valence-corrected chi connectivity index (χ2v) is 31.1. The average molecular weight is 1410 g/mol. The molecule has 0 aliphatic rings. The van der Waals surface area contributed by atoms with Gasteiger partial charge in [0, 0.05) is 25.7 Å². The van der Waals surface area contributed by atoms with E-state index in [-0.39, 0.29) is 25.7 Å². The van der Waals surface area contributed by atoms with Gasteiger partial charge in [0.2, 0.25) is 0 Å². The third-order valence-electron chi connectivity index (χ3n) is 18.0. The number of rotatable bonds is 77. The number of phosphoric ester groups is 2. The van der Waals surface area contributed by atoms with Crippen molar-refractivity contribution in [2.45, 2.75) is 425 Å². The van der Waals surface area contributed by atoms with E-state index in [1.165, 1.54) is 231 Å². The van der Waals surface area contributed by atoms with Gasteiger partial charge in [-0.25, -0.2) is 9.13 Å². The zero-order valence-corrected chi connectivity index (χ0v) is 64.3. The number of phosphoric acid groups is 2. The predicted molar refractivity (Wildman–Crippen MR) is 391 cm³/mol. The number of unbranched alkanes of at least 4 members (excludes halogenated alkanes) is 49. The summed E-state index contributed by atoms with van der Waals surface area (Å²) in [5.41, 5.74) is 0. The van der Waals surface area contributed by atoms with Crippen LogP contribution in [0.1, 0.15) is 407 Å². The number of hydrogen-bond acceptors (Lipinski definition) is 15. The number of carbonyl (C=O) groups is 4. The molecular formula is C77H150O17P2. The molecule has 0 rings (SSSR count). The standard InChI is InChI=1S/C77H150O17P2/c1-6-9-12-15-18-21-24-26-27-28-29-30-31-32-33-36-43-48-53-58-63-77(82)94-73(67-88-75(80)61-56-51-46-41-38-37-39-44-49-54-59-70(4)5)69-92-96(85,86)90-65-71(78)64-89-95(83,84)91-68-72(66-87-74(79)60-55-50-45-40-34-23-20-17-14-11-8-3)93-76(81)62-57-52-47-42-35-25-22-19-16-13-10-7-2/h70-73,78H,6-69H2,1-5H3,(H,83,84)(H,85,86)/t71-,72+,73+/m0/s1. The molecule has 0 heterocycles. The van der Waals surface area contributed by atoms with Crippen LogP contribution >= 0.6 is 15.6 Å². The van der Waals surface area contributed by atoms with Crippen LogP contribution in [-0.2, 0) is 65.4 Å². The third kappa shape index (κ3) is 70.5. The number of esters is 4. The lowest BCUT2D eigenvalue weighted by Gasteiger charge is -2.21. The van der Waals surface area contributed by atoms with Crippen molar-refractivity contribution in [1.29, 1.82) is 0 Å². The Labute approximate surface area is 588 Å². The number of ether oxygens (including phenoxy) is 4. The molecule has 0 amide bonds. The van der Waals surface area contributed by atoms with Crippen molar-refractivity contribution < 1.29 is 80.2 Å². The maximum absolute atomic E-state index is 13.1. The van der Waals surface area contributed by atoms with Crippen molar-refractivity contribution in [2.75, 3.05) is 39.6 Å². The van der Waals surface area contributed by atoms with Gasteiger partial charge in [0.15, 0.2) is 12.2 Å². The van der Waals surface area contributed by atoms with E-state index in [1.54, 1.807) is 0 Å². The Morgan fingerprint density at radius 3 is 0.708 bits per heavy atom. The lowest BCUT2D eigenvalue weighted by molar-refractivity contribution is -0.161. The summed E-state index contributed by atoms with van der Waals surface area (Å²) in [6, 6.07) is 0. The van der Waals surface area contributed by atoms with Gasteiger partial charge in [-0.1, -0.05) is 356 Å². The molecule has 0 radical (unpaired) electrons. The lowest BCUT2D eigenvalue weighted by atomic mass is 10.0. The molecule has 0 bridgehead atoms. The molecule has 0 aromatic rings. The van der Waals surface area contributed by atoms with Gasteiger partial charge in [-0.05, 0) is 31.6 Å². The molecular weight excluding hydrogens is 1260 g/mol. The number of hydrogen-bond donors (Lipinski definition) is 3. The fraction of sp³-hybridized carbons (Fsp3) is 0.948. The molecule has 0 aliphatic carbocycles. The monoisotopic (exact) mass is 1410 g/mol. The first-order chi connectivity index (χ1) is 46.5. The van der Waals surface area contributed by atoms with E-state index in [9.17, 15) is 43.2 Å². The molecule has 0 aliphatic heterocycles. The van der Waals surface area contributed by atoms with Crippen molar-refractivity contribution in [3.63, 3.8) is 0 Å². The molecule has 19 heteroatoms. The van der Waals surface area contributed by atoms with Crippen molar-refractivity contribution in [2.24, 2.45) is 5.92 Å². The van der Waals surface area contributed by atoms with Gasteiger partial charge in [0.25, 0.3) is 0 Å². The molecule has 5 atom stereocenters. The summed E-state index contributed by atoms with van der Waals surface area (Å²) in [5.74, 6) is -1.35. The maximum Gasteiger partial charge on any atom is 0.472 e. The number of aliphatic hydroxyl groups is 1. The summed E-state index contributed by atoms with van der Waals surface area (Å²) < 4.78 is 68.6. The fourth-order valence-corrected chi connectivity index (χ4v) is 13.5. The highest BCUT2D eigenvalue weighted by Crippen LogP contribution is 2.45. The SMILES string of the molecule is CCCCCCCCCCCCCCCCCCCCCCC(=O)O[C@H](COC(=O)CCCCCCCCCCCCC(C)C)COP(=O)(O)OC[C@@H](O)COP(=O)(O)OC[C@@H](COC(=O)CCCCCCCCCCCCC)OC(=O)CCCCCCCCCCCCCC. The normalized spacial score (nSPS) is 13.9. The Hall–Kier alpha value is -1.94. The minimum atomic E-state index is -4.96. The number of aliphatic hydroxyl groups excluding tert-OH is 1. The second-order valence-electron chi connectivity index (χ2n) is 28.2. The molecule has 570 valence electrons. The van der Waals surface area contributed by atoms with Gasteiger partial charge in [-0.3, -0.25) is 37.3 Å². The Kier molecular flexibility index (Phi) is 68.7. The molecule has 0 saturated heterocycles. The molecule has 96 heavy (non-hydrogen) atoms. The van der Waals surface area contributed by atoms with Gasteiger partial charge in [-0.15, -0.1) is 0 Å². The summed E-state index contributed by atoms with van der Waals surface area (Å²) >= 11 is 0. The van der Waals surface area contributed by atoms with Gasteiger partial charge < -0.3 is 33.8 Å². The van der Waals surface area contributed by atoms with Crippen LogP contribution in [0.5, 0.6) is 0 Å². The first kappa shape index (κ1) is 94.1. The second kappa shape index (κ2) is 70.1. The zero-order chi connectivity index (χ0) is 70.5. The Balaban J connectivity index is 5.22. The zero-order valence-electron chi connectivity index (χ0n) is 62.5. The highest BCUT2D eigenvalue weighted by atomic mass is 31.2. The molecule has 0 spiro atoms. The summed E-state index contributed by atoms with van der Waals surface area (Å²) in [5, 5.41) is 10.6. The average Bonchev–Trinajstić information content (AvgIpc) is 1.83. The highest BCUT2D eigenvalue weighted by molar-refractivity contribution is 7.47. The van der Waals surface area contributed by atoms with Crippen LogP contribution in [-0.4, -0.2) is 96.7 Å². The Bertz CT molecular complexity index is 1840. The van der Waals surface area contributed by atoms with Crippen LogP contribution < -0.4 is 0 Å². The van der Waals surface area contributed by atoms with Crippen LogP contribution in [0.2, 0.25) is 0 Å². The van der Waals surface area contributed by atoms with E-state index >= 15 is 0 Å². The van der Waals surface area contributed by atoms with Crippen molar-refractivity contribution in [3.8, 4) is 0 Å². The van der Waals surface area contributed by atoms with E-state index in [2.05, 4.69) is 34.6 Å². The van der Waals surface area contributed by atoms with Gasteiger partial charge in [0.05, 0.1) is 26.4 Å². The lowest BCUT2D eigenvalue weighted by Crippen LogP contribution is -2.30. The molecule has 0 fully saturated rings. The highest BCUT2D eigenvalue weighted by Gasteiger charge is 2.30. The smallest absolute Gasteiger partial charge is 0.462 e. The van der Waals surface area contributed by atoms with Crippen molar-refractivity contribution in [1.82, 2.24) is 0 Å². The molecule has 3 N–H and O–H groups in total. The van der Waals surface area contributed by atoms with E-state index < -0.39 is 97.5 Å². The molecule has 0 aromatic heterocycles. The summed E-state index contributed by atoms with van der Waals surface area (Å²) in [6.07, 6.45) is 59.6. The Morgan fingerprint density at radius 2 is 0.479 bits per heavy atom. The number of carbonyl (C=O) groups excluding carboxylic acids is 4. The molecule has 17 nitrogen and oxygen atoms in total. The largest absolute Gasteiger partial charge is 0.472 e. The van der Waals surface area contributed by atoms with Crippen LogP contribution in [0.3, 0.4) is 0 Å². The maximum atomic E-state index is 13.1. The molecule has 0 aromatic carbocycles. The van der Waals surface area contributed by atoms with Crippen LogP contribution in [0.4, 0.5) is 0 Å². The van der Waals surface area contributed by atoms with Gasteiger partial charge in [-0.2, -0.15) is 0 Å².